The first-order chi connectivity index (χ1) is 6.18. The quantitative estimate of drug-likeness (QED) is 0.637. The molecule has 13 heavy (non-hydrogen) atoms. The normalized spacial score (nSPS) is 36.9. The van der Waals surface area contributed by atoms with Gasteiger partial charge in [0.1, 0.15) is 6.17 Å². The van der Waals surface area contributed by atoms with Crippen LogP contribution in [0.3, 0.4) is 0 Å². The fourth-order valence-electron chi connectivity index (χ4n) is 2.26. The molecule has 0 amide bonds. The molecule has 1 aliphatic heterocycles. The Labute approximate surface area is 79.7 Å². The molecule has 2 nitrogen and oxygen atoms in total. The number of likely N-dealkylation sites (tertiary alicyclic amines) is 1. The molecule has 1 saturated heterocycles. The summed E-state index contributed by atoms with van der Waals surface area (Å²) in [5.74, 6) is 0. The number of piperidine rings is 1. The van der Waals surface area contributed by atoms with E-state index in [4.69, 9.17) is 0 Å². The molecule has 2 aliphatic rings. The van der Waals surface area contributed by atoms with Gasteiger partial charge in [-0.3, -0.25) is 4.90 Å². The van der Waals surface area contributed by atoms with Gasteiger partial charge in [-0.1, -0.05) is 0 Å². The molecular formula is C10H19FN2. The Morgan fingerprint density at radius 2 is 2.00 bits per heavy atom. The number of halogens is 1. The maximum absolute atomic E-state index is 13.7. The lowest BCUT2D eigenvalue weighted by molar-refractivity contribution is 0.0538. The molecule has 2 unspecified atom stereocenters. The van der Waals surface area contributed by atoms with Crippen molar-refractivity contribution in [3.63, 3.8) is 0 Å². The smallest absolute Gasteiger partial charge is 0.128 e. The Kier molecular flexibility index (Phi) is 2.56. The Morgan fingerprint density at radius 3 is 2.54 bits per heavy atom. The maximum Gasteiger partial charge on any atom is 0.128 e. The summed E-state index contributed by atoms with van der Waals surface area (Å²) in [5, 5.41) is 0. The number of hydrogen-bond donors (Lipinski definition) is 0. The zero-order valence-electron chi connectivity index (χ0n) is 8.54. The largest absolute Gasteiger partial charge is 0.303 e. The predicted octanol–water partition coefficient (Wildman–Crippen LogP) is 1.12. The molecule has 76 valence electrons. The van der Waals surface area contributed by atoms with Crippen LogP contribution >= 0.6 is 0 Å². The first kappa shape index (κ1) is 9.41. The predicted molar refractivity (Wildman–Crippen MR) is 51.6 cm³/mol. The van der Waals surface area contributed by atoms with Crippen LogP contribution in [-0.4, -0.2) is 55.2 Å². The van der Waals surface area contributed by atoms with E-state index in [9.17, 15) is 4.39 Å². The average Bonchev–Trinajstić information content (AvgIpc) is 2.85. The third-order valence-electron chi connectivity index (χ3n) is 3.36. The summed E-state index contributed by atoms with van der Waals surface area (Å²) in [7, 11) is 4.08. The standard InChI is InChI=1S/C10H19FN2/c1-12-6-5-10(9(11)7-12)13(2)8-3-4-8/h8-10H,3-7H2,1-2H3. The van der Waals surface area contributed by atoms with E-state index in [1.54, 1.807) is 0 Å². The Morgan fingerprint density at radius 1 is 1.31 bits per heavy atom. The van der Waals surface area contributed by atoms with Crippen LogP contribution in [0.25, 0.3) is 0 Å². The number of nitrogens with zero attached hydrogens (tertiary/aromatic N) is 2. The highest BCUT2D eigenvalue weighted by Gasteiger charge is 2.37. The van der Waals surface area contributed by atoms with Crippen molar-refractivity contribution in [1.82, 2.24) is 9.80 Å². The molecule has 0 radical (unpaired) electrons. The Hall–Kier alpha value is -0.150. The summed E-state index contributed by atoms with van der Waals surface area (Å²) in [6.07, 6.45) is 2.89. The summed E-state index contributed by atoms with van der Waals surface area (Å²) in [6, 6.07) is 0.871. The molecule has 1 aliphatic carbocycles. The van der Waals surface area contributed by atoms with Gasteiger partial charge in [0.2, 0.25) is 0 Å². The third kappa shape index (κ3) is 2.02. The van der Waals surface area contributed by atoms with Crippen LogP contribution in [0.5, 0.6) is 0 Å². The zero-order valence-corrected chi connectivity index (χ0v) is 8.54. The van der Waals surface area contributed by atoms with Gasteiger partial charge in [0.15, 0.2) is 0 Å². The van der Waals surface area contributed by atoms with E-state index in [1.807, 2.05) is 7.05 Å². The Bertz CT molecular complexity index is 182. The molecule has 1 heterocycles. The Balaban J connectivity index is 1.90. The molecule has 0 aromatic rings. The van der Waals surface area contributed by atoms with Crippen LogP contribution in [0, 0.1) is 0 Å². The highest BCUT2D eigenvalue weighted by Crippen LogP contribution is 2.30. The number of alkyl halides is 1. The van der Waals surface area contributed by atoms with Gasteiger partial charge in [0.05, 0.1) is 0 Å². The first-order valence-corrected chi connectivity index (χ1v) is 5.23. The van der Waals surface area contributed by atoms with Crippen molar-refractivity contribution in [2.45, 2.75) is 37.5 Å². The molecule has 0 aromatic carbocycles. The second kappa shape index (κ2) is 3.54. The maximum atomic E-state index is 13.7. The highest BCUT2D eigenvalue weighted by molar-refractivity contribution is 4.92. The molecule has 1 saturated carbocycles. The SMILES string of the molecule is CN1CCC(N(C)C2CC2)C(F)C1. The minimum Gasteiger partial charge on any atom is -0.303 e. The van der Waals surface area contributed by atoms with Crippen LogP contribution in [-0.2, 0) is 0 Å². The van der Waals surface area contributed by atoms with E-state index >= 15 is 0 Å². The van der Waals surface area contributed by atoms with Gasteiger partial charge in [-0.2, -0.15) is 0 Å². The van der Waals surface area contributed by atoms with Crippen molar-refractivity contribution in [1.29, 1.82) is 0 Å². The van der Waals surface area contributed by atoms with Gasteiger partial charge in [-0.25, -0.2) is 4.39 Å². The molecule has 0 bridgehead atoms. The van der Waals surface area contributed by atoms with Crippen LogP contribution in [0.4, 0.5) is 4.39 Å². The molecule has 2 fully saturated rings. The van der Waals surface area contributed by atoms with Crippen molar-refractivity contribution in [2.75, 3.05) is 27.2 Å². The van der Waals surface area contributed by atoms with Gasteiger partial charge in [0, 0.05) is 18.6 Å². The van der Waals surface area contributed by atoms with E-state index in [0.29, 0.717) is 12.6 Å². The monoisotopic (exact) mass is 186 g/mol. The molecule has 0 aromatic heterocycles. The van der Waals surface area contributed by atoms with E-state index in [-0.39, 0.29) is 6.04 Å². The summed E-state index contributed by atoms with van der Waals surface area (Å²) < 4.78 is 13.7. The van der Waals surface area contributed by atoms with Gasteiger partial charge in [-0.15, -0.1) is 0 Å². The second-order valence-electron chi connectivity index (χ2n) is 4.53. The van der Waals surface area contributed by atoms with Gasteiger partial charge in [-0.05, 0) is 39.9 Å². The molecular weight excluding hydrogens is 167 g/mol. The fourth-order valence-corrected chi connectivity index (χ4v) is 2.26. The lowest BCUT2D eigenvalue weighted by atomic mass is 10.0. The van der Waals surface area contributed by atoms with E-state index in [2.05, 4.69) is 16.8 Å². The lowest BCUT2D eigenvalue weighted by Gasteiger charge is -2.37. The summed E-state index contributed by atoms with van der Waals surface area (Å²) in [6.45, 7) is 1.66. The van der Waals surface area contributed by atoms with Crippen molar-refractivity contribution >= 4 is 0 Å². The molecule has 0 N–H and O–H groups in total. The van der Waals surface area contributed by atoms with Gasteiger partial charge >= 0.3 is 0 Å². The van der Waals surface area contributed by atoms with Crippen molar-refractivity contribution in [2.24, 2.45) is 0 Å². The van der Waals surface area contributed by atoms with Crippen LogP contribution in [0.2, 0.25) is 0 Å². The lowest BCUT2D eigenvalue weighted by Crippen LogP contribution is -2.50. The summed E-state index contributed by atoms with van der Waals surface area (Å²) in [4.78, 5) is 4.35. The van der Waals surface area contributed by atoms with Gasteiger partial charge in [0.25, 0.3) is 0 Å². The number of hydrogen-bond acceptors (Lipinski definition) is 2. The summed E-state index contributed by atoms with van der Waals surface area (Å²) >= 11 is 0. The minimum absolute atomic E-state index is 0.184. The molecule has 2 atom stereocenters. The van der Waals surface area contributed by atoms with Crippen LogP contribution < -0.4 is 0 Å². The fraction of sp³-hybridized carbons (Fsp3) is 1.00. The molecule has 0 spiro atoms. The topological polar surface area (TPSA) is 6.48 Å². The zero-order chi connectivity index (χ0) is 9.42. The highest BCUT2D eigenvalue weighted by atomic mass is 19.1. The molecule has 2 rings (SSSR count). The van der Waals surface area contributed by atoms with Crippen LogP contribution in [0.15, 0.2) is 0 Å². The third-order valence-corrected chi connectivity index (χ3v) is 3.36. The van der Waals surface area contributed by atoms with E-state index in [1.165, 1.54) is 12.8 Å². The second-order valence-corrected chi connectivity index (χ2v) is 4.53. The average molecular weight is 186 g/mol. The number of rotatable bonds is 2. The first-order valence-electron chi connectivity index (χ1n) is 5.23. The van der Waals surface area contributed by atoms with Crippen molar-refractivity contribution < 1.29 is 4.39 Å². The summed E-state index contributed by atoms with van der Waals surface area (Å²) in [5.41, 5.74) is 0. The molecule has 3 heteroatoms. The van der Waals surface area contributed by atoms with Crippen molar-refractivity contribution in [3.05, 3.63) is 0 Å². The van der Waals surface area contributed by atoms with Crippen molar-refractivity contribution in [3.8, 4) is 0 Å². The van der Waals surface area contributed by atoms with E-state index < -0.39 is 6.17 Å². The minimum atomic E-state index is -0.649. The van der Waals surface area contributed by atoms with E-state index in [0.717, 1.165) is 13.0 Å². The van der Waals surface area contributed by atoms with Gasteiger partial charge < -0.3 is 4.90 Å². The van der Waals surface area contributed by atoms with Crippen LogP contribution in [0.1, 0.15) is 19.3 Å².